The SMILES string of the molecule is C=CC(=O)OCCCCOCC(COc1ccc(C(=O)OCCc2ccc(CCOC(=O)c3ccc(OC(C)(C)C)cc3)cc2/C=N/N(CCO)c2nc3ccccc3s2)cc1)OC(=O)C=C. The van der Waals surface area contributed by atoms with Gasteiger partial charge in [-0.1, -0.05) is 48.8 Å². The zero-order valence-electron chi connectivity index (χ0n) is 38.1. The average molecular weight is 936 g/mol. The topological polar surface area (TPSA) is 182 Å². The number of fused-ring (bicyclic) bond motifs is 1. The first-order valence-electron chi connectivity index (χ1n) is 21.8. The van der Waals surface area contributed by atoms with Gasteiger partial charge in [0.25, 0.3) is 0 Å². The monoisotopic (exact) mass is 935 g/mol. The zero-order valence-corrected chi connectivity index (χ0v) is 38.9. The first kappa shape index (κ1) is 51.1. The van der Waals surface area contributed by atoms with Gasteiger partial charge in [-0.25, -0.2) is 29.2 Å². The van der Waals surface area contributed by atoms with Gasteiger partial charge < -0.3 is 38.3 Å². The number of nitrogens with zero attached hydrogens (tertiary/aromatic N) is 3. The lowest BCUT2D eigenvalue weighted by molar-refractivity contribution is -0.148. The minimum Gasteiger partial charge on any atom is -0.490 e. The summed E-state index contributed by atoms with van der Waals surface area (Å²) in [7, 11) is 0. The highest BCUT2D eigenvalue weighted by Crippen LogP contribution is 2.29. The Kier molecular flexibility index (Phi) is 20.1. The number of para-hydroxylation sites is 1. The highest BCUT2D eigenvalue weighted by molar-refractivity contribution is 7.22. The number of aromatic nitrogens is 1. The Labute approximate surface area is 394 Å². The molecule has 0 aliphatic carbocycles. The maximum absolute atomic E-state index is 13.1. The lowest BCUT2D eigenvalue weighted by atomic mass is 10.0. The molecule has 1 aromatic heterocycles. The lowest BCUT2D eigenvalue weighted by Crippen LogP contribution is -2.29. The molecule has 5 rings (SSSR count). The van der Waals surface area contributed by atoms with Crippen LogP contribution in [0.2, 0.25) is 0 Å². The number of carbonyl (C=O) groups is 4. The molecule has 0 saturated heterocycles. The molecule has 1 N–H and O–H groups in total. The molecule has 5 aromatic rings. The van der Waals surface area contributed by atoms with Gasteiger partial charge in [0.2, 0.25) is 5.13 Å². The molecule has 0 amide bonds. The molecule has 0 bridgehead atoms. The van der Waals surface area contributed by atoms with Crippen molar-refractivity contribution in [3.05, 3.63) is 144 Å². The third-order valence-electron chi connectivity index (χ3n) is 9.48. The Balaban J connectivity index is 1.19. The lowest BCUT2D eigenvalue weighted by Gasteiger charge is -2.21. The van der Waals surface area contributed by atoms with Gasteiger partial charge in [-0.3, -0.25) is 0 Å². The number of esters is 4. The molecule has 0 aliphatic rings. The van der Waals surface area contributed by atoms with E-state index in [1.165, 1.54) is 11.3 Å². The highest BCUT2D eigenvalue weighted by Gasteiger charge is 2.17. The van der Waals surface area contributed by atoms with Gasteiger partial charge >= 0.3 is 23.9 Å². The predicted octanol–water partition coefficient (Wildman–Crippen LogP) is 8.11. The molecule has 0 saturated carbocycles. The van der Waals surface area contributed by atoms with Crippen molar-refractivity contribution in [1.29, 1.82) is 0 Å². The van der Waals surface area contributed by atoms with Gasteiger partial charge in [0.15, 0.2) is 6.10 Å². The second-order valence-corrected chi connectivity index (χ2v) is 16.9. The number of aliphatic hydroxyl groups excluding tert-OH is 1. The molecule has 0 aliphatic heterocycles. The molecule has 15 nitrogen and oxygen atoms in total. The molecule has 1 heterocycles. The predicted molar refractivity (Wildman–Crippen MR) is 256 cm³/mol. The summed E-state index contributed by atoms with van der Waals surface area (Å²) in [5.74, 6) is -1.00. The summed E-state index contributed by atoms with van der Waals surface area (Å²) in [5, 5.41) is 16.9. The minimum atomic E-state index is -0.733. The summed E-state index contributed by atoms with van der Waals surface area (Å²) in [4.78, 5) is 53.8. The molecule has 354 valence electrons. The standard InChI is InChI=1S/C51H57N3O12S/c1-6-46(56)61-29-11-10-28-60-34-43(65-47(57)7-2)35-64-41-20-16-38(17-21-41)49(59)63-31-25-37-15-14-36(24-30-62-48(58)39-18-22-42(23-19-39)66-51(3,4)5)32-40(37)33-52-54(26-27-55)50-53-44-12-8-9-13-45(44)67-50/h6-9,12-23,32-33,43,55H,1-2,10-11,24-31,34-35H2,3-5H3/b52-33+. The summed E-state index contributed by atoms with van der Waals surface area (Å²) >= 11 is 1.46. The normalized spacial score (nSPS) is 11.7. The first-order valence-corrected chi connectivity index (χ1v) is 22.6. The summed E-state index contributed by atoms with van der Waals surface area (Å²) < 4.78 is 40.0. The van der Waals surface area contributed by atoms with Gasteiger partial charge in [-0.15, -0.1) is 0 Å². The number of ether oxygens (including phenoxy) is 7. The van der Waals surface area contributed by atoms with Crippen LogP contribution in [0.15, 0.2) is 121 Å². The van der Waals surface area contributed by atoms with Crippen molar-refractivity contribution in [3.63, 3.8) is 0 Å². The van der Waals surface area contributed by atoms with E-state index < -0.39 is 30.0 Å². The average Bonchev–Trinajstić information content (AvgIpc) is 3.76. The molecule has 1 atom stereocenters. The maximum Gasteiger partial charge on any atom is 0.338 e. The van der Waals surface area contributed by atoms with Crippen LogP contribution in [0.1, 0.15) is 71.0 Å². The molecule has 0 fully saturated rings. The minimum absolute atomic E-state index is 0.0170. The molecule has 16 heteroatoms. The van der Waals surface area contributed by atoms with Crippen LogP contribution in [-0.2, 0) is 46.1 Å². The van der Waals surface area contributed by atoms with Crippen LogP contribution in [0.25, 0.3) is 10.2 Å². The quantitative estimate of drug-likeness (QED) is 0.0133. The van der Waals surface area contributed by atoms with E-state index >= 15 is 0 Å². The van der Waals surface area contributed by atoms with Crippen LogP contribution in [-0.4, -0.2) is 105 Å². The number of unbranched alkanes of at least 4 members (excludes halogenated alkanes) is 1. The van der Waals surface area contributed by atoms with E-state index in [1.807, 2.05) is 63.2 Å². The highest BCUT2D eigenvalue weighted by atomic mass is 32.1. The van der Waals surface area contributed by atoms with Gasteiger partial charge in [0.1, 0.15) is 23.7 Å². The Morgan fingerprint density at radius 3 is 2.09 bits per heavy atom. The molecule has 0 spiro atoms. The van der Waals surface area contributed by atoms with Crippen molar-refractivity contribution in [2.45, 2.75) is 58.2 Å². The number of hydrazone groups is 1. The number of benzene rings is 4. The van der Waals surface area contributed by atoms with Crippen LogP contribution >= 0.6 is 11.3 Å². The van der Waals surface area contributed by atoms with Crippen molar-refractivity contribution in [1.82, 2.24) is 4.98 Å². The fourth-order valence-corrected chi connectivity index (χ4v) is 7.15. The van der Waals surface area contributed by atoms with E-state index in [-0.39, 0.29) is 51.8 Å². The van der Waals surface area contributed by atoms with Crippen LogP contribution in [0.4, 0.5) is 5.13 Å². The maximum atomic E-state index is 13.1. The van der Waals surface area contributed by atoms with Gasteiger partial charge in [-0.2, -0.15) is 5.10 Å². The number of aliphatic hydroxyl groups is 1. The van der Waals surface area contributed by atoms with Gasteiger partial charge in [0, 0.05) is 31.6 Å². The number of anilines is 1. The molecule has 4 aromatic carbocycles. The van der Waals surface area contributed by atoms with Crippen molar-refractivity contribution >= 4 is 56.8 Å². The van der Waals surface area contributed by atoms with Crippen molar-refractivity contribution in [3.8, 4) is 11.5 Å². The summed E-state index contributed by atoms with van der Waals surface area (Å²) in [5.41, 5.74) is 3.66. The van der Waals surface area contributed by atoms with E-state index in [0.29, 0.717) is 60.0 Å². The number of hydrogen-bond donors (Lipinski definition) is 1. The smallest absolute Gasteiger partial charge is 0.338 e. The number of rotatable bonds is 27. The third-order valence-corrected chi connectivity index (χ3v) is 10.5. The summed E-state index contributed by atoms with van der Waals surface area (Å²) in [6.45, 7) is 13.6. The number of thiazole rings is 1. The first-order chi connectivity index (χ1) is 32.3. The Bertz CT molecular complexity index is 2410. The Morgan fingerprint density at radius 2 is 1.43 bits per heavy atom. The fourth-order valence-electron chi connectivity index (χ4n) is 6.20. The number of hydrogen-bond acceptors (Lipinski definition) is 16. The molecular formula is C51H57N3O12S. The van der Waals surface area contributed by atoms with Gasteiger partial charge in [0.05, 0.1) is 67.1 Å². The largest absolute Gasteiger partial charge is 0.490 e. The number of carbonyl (C=O) groups excluding carboxylic acids is 4. The van der Waals surface area contributed by atoms with E-state index in [0.717, 1.165) is 39.1 Å². The van der Waals surface area contributed by atoms with Crippen LogP contribution in [0, 0.1) is 0 Å². The van der Waals surface area contributed by atoms with E-state index in [9.17, 15) is 24.3 Å². The van der Waals surface area contributed by atoms with Crippen LogP contribution in [0.5, 0.6) is 11.5 Å². The Morgan fingerprint density at radius 1 is 0.776 bits per heavy atom. The summed E-state index contributed by atoms with van der Waals surface area (Å²) in [6.07, 6.45) is 5.11. The van der Waals surface area contributed by atoms with E-state index in [2.05, 4.69) is 13.2 Å². The van der Waals surface area contributed by atoms with Crippen LogP contribution in [0.3, 0.4) is 0 Å². The Hall–Kier alpha value is -6.88. The van der Waals surface area contributed by atoms with Crippen LogP contribution < -0.4 is 14.5 Å². The molecule has 67 heavy (non-hydrogen) atoms. The van der Waals surface area contributed by atoms with E-state index in [4.69, 9.17) is 43.2 Å². The summed E-state index contributed by atoms with van der Waals surface area (Å²) in [6, 6.07) is 26.8. The molecule has 0 radical (unpaired) electrons. The van der Waals surface area contributed by atoms with Gasteiger partial charge in [-0.05, 0) is 117 Å². The molecular weight excluding hydrogens is 879 g/mol. The molecule has 1 unspecified atom stereocenters. The van der Waals surface area contributed by atoms with E-state index in [1.54, 1.807) is 59.8 Å². The fraction of sp³-hybridized carbons (Fsp3) is 0.333. The second-order valence-electron chi connectivity index (χ2n) is 15.9. The zero-order chi connectivity index (χ0) is 48.0. The second kappa shape index (κ2) is 26.3. The van der Waals surface area contributed by atoms with Crippen molar-refractivity contribution < 1.29 is 57.4 Å². The van der Waals surface area contributed by atoms with Crippen molar-refractivity contribution in [2.75, 3.05) is 57.8 Å². The third kappa shape index (κ3) is 17.5. The van der Waals surface area contributed by atoms with Crippen molar-refractivity contribution in [2.24, 2.45) is 5.10 Å².